The maximum atomic E-state index is 12.3. The van der Waals surface area contributed by atoms with Gasteiger partial charge in [-0.05, 0) is 55.2 Å². The van der Waals surface area contributed by atoms with Crippen LogP contribution in [-0.4, -0.2) is 31.9 Å². The fourth-order valence-corrected chi connectivity index (χ4v) is 3.71. The average Bonchev–Trinajstić information content (AvgIpc) is 3.51. The number of benzene rings is 2. The lowest BCUT2D eigenvalue weighted by atomic mass is 10.2. The van der Waals surface area contributed by atoms with Crippen molar-refractivity contribution in [1.82, 2.24) is 15.6 Å². The van der Waals surface area contributed by atoms with Gasteiger partial charge in [-0.2, -0.15) is 0 Å². The lowest BCUT2D eigenvalue weighted by Crippen LogP contribution is -2.41. The van der Waals surface area contributed by atoms with Gasteiger partial charge in [0.15, 0.2) is 0 Å². The van der Waals surface area contributed by atoms with Crippen molar-refractivity contribution in [2.24, 2.45) is 5.92 Å². The number of nitrogens with one attached hydrogen (secondary N) is 3. The number of rotatable bonds is 6. The standard InChI is InChI=1S/C18H18ClN3O5S/c19-13-6-7-16(23)15(9-13)18(25)22-21-17(24)12-2-1-3-14(8-12)28(26,27)20-10-11-4-5-11/h1-3,6-9,11,20,23H,4-5,10H2,(H,21,24)(H,22,25). The molecule has 1 fully saturated rings. The van der Waals surface area contributed by atoms with Crippen LogP contribution in [0.4, 0.5) is 0 Å². The van der Waals surface area contributed by atoms with E-state index in [1.165, 1.54) is 42.5 Å². The number of hydrazine groups is 1. The lowest BCUT2D eigenvalue weighted by molar-refractivity contribution is 0.0845. The molecule has 0 spiro atoms. The Hall–Kier alpha value is -2.62. The van der Waals surface area contributed by atoms with Gasteiger partial charge in [-0.1, -0.05) is 17.7 Å². The van der Waals surface area contributed by atoms with Crippen molar-refractivity contribution in [2.45, 2.75) is 17.7 Å². The third-order valence-corrected chi connectivity index (χ3v) is 5.81. The summed E-state index contributed by atoms with van der Waals surface area (Å²) >= 11 is 5.79. The van der Waals surface area contributed by atoms with Crippen molar-refractivity contribution in [3.63, 3.8) is 0 Å². The number of carbonyl (C=O) groups is 2. The van der Waals surface area contributed by atoms with Gasteiger partial charge < -0.3 is 5.11 Å². The summed E-state index contributed by atoms with van der Waals surface area (Å²) in [6.07, 6.45) is 2.01. The number of sulfonamides is 1. The van der Waals surface area contributed by atoms with E-state index in [1.807, 2.05) is 0 Å². The summed E-state index contributed by atoms with van der Waals surface area (Å²) in [6, 6.07) is 9.36. The molecule has 4 N–H and O–H groups in total. The van der Waals surface area contributed by atoms with Crippen LogP contribution in [0.25, 0.3) is 0 Å². The Morgan fingerprint density at radius 3 is 2.50 bits per heavy atom. The first kappa shape index (κ1) is 20.1. The summed E-state index contributed by atoms with van der Waals surface area (Å²) in [5.41, 5.74) is 4.25. The summed E-state index contributed by atoms with van der Waals surface area (Å²) in [5.74, 6) is -1.41. The normalized spacial score (nSPS) is 13.8. The van der Waals surface area contributed by atoms with E-state index in [2.05, 4.69) is 15.6 Å². The zero-order valence-corrected chi connectivity index (χ0v) is 16.2. The summed E-state index contributed by atoms with van der Waals surface area (Å²) in [7, 11) is -3.72. The highest BCUT2D eigenvalue weighted by atomic mass is 35.5. The molecule has 1 aliphatic rings. The second-order valence-electron chi connectivity index (χ2n) is 6.39. The summed E-state index contributed by atoms with van der Waals surface area (Å²) in [6.45, 7) is 0.373. The van der Waals surface area contributed by atoms with Crippen LogP contribution in [0.1, 0.15) is 33.6 Å². The average molecular weight is 424 g/mol. The highest BCUT2D eigenvalue weighted by molar-refractivity contribution is 7.89. The van der Waals surface area contributed by atoms with Crippen molar-refractivity contribution < 1.29 is 23.1 Å². The Kier molecular flexibility index (Phi) is 5.87. The van der Waals surface area contributed by atoms with Crippen molar-refractivity contribution in [2.75, 3.05) is 6.54 Å². The second-order valence-corrected chi connectivity index (χ2v) is 8.60. The van der Waals surface area contributed by atoms with Crippen LogP contribution in [0.2, 0.25) is 5.02 Å². The third-order valence-electron chi connectivity index (χ3n) is 4.16. The molecule has 0 radical (unpaired) electrons. The lowest BCUT2D eigenvalue weighted by Gasteiger charge is -2.10. The monoisotopic (exact) mass is 423 g/mol. The zero-order valence-electron chi connectivity index (χ0n) is 14.6. The molecule has 8 nitrogen and oxygen atoms in total. The molecule has 0 atom stereocenters. The minimum atomic E-state index is -3.72. The first-order chi connectivity index (χ1) is 13.3. The van der Waals surface area contributed by atoms with Gasteiger partial charge in [0.05, 0.1) is 10.5 Å². The van der Waals surface area contributed by atoms with Gasteiger partial charge >= 0.3 is 0 Å². The third kappa shape index (κ3) is 5.00. The molecule has 0 unspecified atom stereocenters. The fraction of sp³-hybridized carbons (Fsp3) is 0.222. The molecular formula is C18H18ClN3O5S. The van der Waals surface area contributed by atoms with Crippen LogP contribution in [0, 0.1) is 5.92 Å². The minimum absolute atomic E-state index is 0.0420. The Balaban J connectivity index is 1.65. The van der Waals surface area contributed by atoms with E-state index < -0.39 is 21.8 Å². The number of hydrogen-bond acceptors (Lipinski definition) is 5. The van der Waals surface area contributed by atoms with Gasteiger partial charge in [0, 0.05) is 17.1 Å². The molecule has 0 saturated heterocycles. The molecule has 2 amide bonds. The molecule has 0 heterocycles. The Morgan fingerprint density at radius 1 is 1.07 bits per heavy atom. The second kappa shape index (κ2) is 8.17. The molecule has 148 valence electrons. The number of phenolic OH excluding ortho intramolecular Hbond substituents is 1. The molecule has 0 aromatic heterocycles. The van der Waals surface area contributed by atoms with E-state index in [4.69, 9.17) is 11.6 Å². The van der Waals surface area contributed by atoms with Gasteiger partial charge in [0.25, 0.3) is 11.8 Å². The first-order valence-corrected chi connectivity index (χ1v) is 10.3. The van der Waals surface area contributed by atoms with E-state index >= 15 is 0 Å². The SMILES string of the molecule is O=C(NNC(=O)c1cc(Cl)ccc1O)c1cccc(S(=O)(=O)NCC2CC2)c1. The smallest absolute Gasteiger partial charge is 0.273 e. The molecular weight excluding hydrogens is 406 g/mol. The van der Waals surface area contributed by atoms with Crippen molar-refractivity contribution >= 4 is 33.4 Å². The molecule has 0 bridgehead atoms. The van der Waals surface area contributed by atoms with E-state index in [9.17, 15) is 23.1 Å². The Morgan fingerprint density at radius 2 is 1.79 bits per heavy atom. The van der Waals surface area contributed by atoms with Gasteiger partial charge in [-0.15, -0.1) is 0 Å². The summed E-state index contributed by atoms with van der Waals surface area (Å²) < 4.78 is 27.1. The fourth-order valence-electron chi connectivity index (χ4n) is 2.38. The number of phenols is 1. The minimum Gasteiger partial charge on any atom is -0.507 e. The molecule has 1 aliphatic carbocycles. The van der Waals surface area contributed by atoms with E-state index in [1.54, 1.807) is 0 Å². The van der Waals surface area contributed by atoms with Crippen LogP contribution in [0.3, 0.4) is 0 Å². The van der Waals surface area contributed by atoms with Gasteiger partial charge in [-0.3, -0.25) is 20.4 Å². The summed E-state index contributed by atoms with van der Waals surface area (Å²) in [5, 5.41) is 9.94. The molecule has 2 aromatic rings. The maximum Gasteiger partial charge on any atom is 0.273 e. The molecule has 28 heavy (non-hydrogen) atoms. The zero-order chi connectivity index (χ0) is 20.3. The number of halogens is 1. The molecule has 0 aliphatic heterocycles. The molecule has 10 heteroatoms. The summed E-state index contributed by atoms with van der Waals surface area (Å²) in [4.78, 5) is 24.3. The van der Waals surface area contributed by atoms with Gasteiger partial charge in [0.2, 0.25) is 10.0 Å². The van der Waals surface area contributed by atoms with Crippen LogP contribution >= 0.6 is 11.6 Å². The van der Waals surface area contributed by atoms with Crippen molar-refractivity contribution in [3.8, 4) is 5.75 Å². The van der Waals surface area contributed by atoms with E-state index in [-0.39, 0.29) is 26.8 Å². The number of carbonyl (C=O) groups excluding carboxylic acids is 2. The number of aromatic hydroxyl groups is 1. The highest BCUT2D eigenvalue weighted by Gasteiger charge is 2.24. The van der Waals surface area contributed by atoms with Crippen LogP contribution in [0.5, 0.6) is 5.75 Å². The molecule has 3 rings (SSSR count). The number of hydrogen-bond donors (Lipinski definition) is 4. The predicted octanol–water partition coefficient (Wildman–Crippen LogP) is 1.81. The maximum absolute atomic E-state index is 12.3. The Bertz CT molecular complexity index is 1020. The van der Waals surface area contributed by atoms with Crippen LogP contribution < -0.4 is 15.6 Å². The highest BCUT2D eigenvalue weighted by Crippen LogP contribution is 2.28. The van der Waals surface area contributed by atoms with E-state index in [0.717, 1.165) is 12.8 Å². The van der Waals surface area contributed by atoms with Crippen LogP contribution in [-0.2, 0) is 10.0 Å². The quantitative estimate of drug-likeness (QED) is 0.527. The first-order valence-electron chi connectivity index (χ1n) is 8.45. The van der Waals surface area contributed by atoms with Gasteiger partial charge in [-0.25, -0.2) is 13.1 Å². The molecule has 2 aromatic carbocycles. The van der Waals surface area contributed by atoms with E-state index in [0.29, 0.717) is 12.5 Å². The Labute approximate surface area is 166 Å². The predicted molar refractivity (Wildman–Crippen MR) is 102 cm³/mol. The number of amides is 2. The van der Waals surface area contributed by atoms with Crippen LogP contribution in [0.15, 0.2) is 47.4 Å². The van der Waals surface area contributed by atoms with Crippen molar-refractivity contribution in [1.29, 1.82) is 0 Å². The molecule has 1 saturated carbocycles. The van der Waals surface area contributed by atoms with Gasteiger partial charge in [0.1, 0.15) is 5.75 Å². The van der Waals surface area contributed by atoms with Crippen molar-refractivity contribution in [3.05, 3.63) is 58.6 Å². The largest absolute Gasteiger partial charge is 0.507 e. The topological polar surface area (TPSA) is 125 Å².